The molecule has 2 aliphatic rings. The van der Waals surface area contributed by atoms with Gasteiger partial charge in [-0.25, -0.2) is 0 Å². The van der Waals surface area contributed by atoms with Crippen LogP contribution in [-0.2, 0) is 0 Å². The van der Waals surface area contributed by atoms with Crippen LogP contribution in [0.5, 0.6) is 0 Å². The molecule has 0 aromatic heterocycles. The Morgan fingerprint density at radius 1 is 1.16 bits per heavy atom. The molecule has 1 saturated carbocycles. The molecule has 2 fully saturated rings. The molecule has 1 aliphatic carbocycles. The minimum atomic E-state index is 0.739. The second kappa shape index (κ2) is 5.36. The van der Waals surface area contributed by atoms with E-state index in [1.54, 1.807) is 0 Å². The Balaban J connectivity index is 1.85. The van der Waals surface area contributed by atoms with Gasteiger partial charge in [0.05, 0.1) is 0 Å². The summed E-state index contributed by atoms with van der Waals surface area (Å²) < 4.78 is 0. The molecule has 1 saturated heterocycles. The summed E-state index contributed by atoms with van der Waals surface area (Å²) in [4.78, 5) is 13.5. The van der Waals surface area contributed by atoms with Crippen LogP contribution in [-0.4, -0.2) is 18.9 Å². The van der Waals surface area contributed by atoms with E-state index >= 15 is 0 Å². The highest BCUT2D eigenvalue weighted by Crippen LogP contribution is 2.38. The number of benzene rings is 1. The number of hydrogen-bond donors (Lipinski definition) is 0. The van der Waals surface area contributed by atoms with Crippen molar-refractivity contribution < 1.29 is 4.79 Å². The van der Waals surface area contributed by atoms with E-state index in [9.17, 15) is 4.79 Å². The standard InChI is InChI=1S/C17H23NO/c1-13-11-14(12-19)8-9-16(13)18-10-4-7-17(18)15-5-2-3-6-15/h8-9,11-12,15,17H,2-7,10H2,1H3. The number of rotatable bonds is 3. The molecule has 1 aromatic carbocycles. The van der Waals surface area contributed by atoms with Gasteiger partial charge in [-0.05, 0) is 62.3 Å². The monoisotopic (exact) mass is 257 g/mol. The maximum Gasteiger partial charge on any atom is 0.150 e. The van der Waals surface area contributed by atoms with Crippen LogP contribution in [0.2, 0.25) is 0 Å². The number of hydrogen-bond acceptors (Lipinski definition) is 2. The summed E-state index contributed by atoms with van der Waals surface area (Å²) in [6.45, 7) is 3.31. The van der Waals surface area contributed by atoms with E-state index in [0.717, 1.165) is 23.8 Å². The first-order chi connectivity index (χ1) is 9.29. The minimum absolute atomic E-state index is 0.739. The van der Waals surface area contributed by atoms with Crippen molar-refractivity contribution in [3.63, 3.8) is 0 Å². The van der Waals surface area contributed by atoms with Crippen molar-refractivity contribution in [2.45, 2.75) is 51.5 Å². The molecule has 0 radical (unpaired) electrons. The molecule has 3 rings (SSSR count). The van der Waals surface area contributed by atoms with Gasteiger partial charge in [0, 0.05) is 23.8 Å². The zero-order valence-corrected chi connectivity index (χ0v) is 11.8. The molecule has 2 nitrogen and oxygen atoms in total. The van der Waals surface area contributed by atoms with Crippen LogP contribution in [0.15, 0.2) is 18.2 Å². The van der Waals surface area contributed by atoms with Crippen molar-refractivity contribution >= 4 is 12.0 Å². The number of carbonyl (C=O) groups is 1. The smallest absolute Gasteiger partial charge is 0.150 e. The first-order valence-electron chi connectivity index (χ1n) is 7.62. The van der Waals surface area contributed by atoms with Gasteiger partial charge in [-0.15, -0.1) is 0 Å². The molecule has 0 amide bonds. The first kappa shape index (κ1) is 12.7. The number of aldehydes is 1. The van der Waals surface area contributed by atoms with Crippen molar-refractivity contribution in [2.24, 2.45) is 5.92 Å². The minimum Gasteiger partial charge on any atom is -0.368 e. The van der Waals surface area contributed by atoms with E-state index in [0.29, 0.717) is 0 Å². The van der Waals surface area contributed by atoms with Gasteiger partial charge >= 0.3 is 0 Å². The molecule has 1 aromatic rings. The lowest BCUT2D eigenvalue weighted by molar-refractivity contribution is 0.112. The van der Waals surface area contributed by atoms with Gasteiger partial charge < -0.3 is 4.90 Å². The van der Waals surface area contributed by atoms with Gasteiger partial charge in [0.2, 0.25) is 0 Å². The lowest BCUT2D eigenvalue weighted by Crippen LogP contribution is -2.35. The van der Waals surface area contributed by atoms with Crippen LogP contribution >= 0.6 is 0 Å². The number of anilines is 1. The molecular formula is C17H23NO. The van der Waals surface area contributed by atoms with E-state index < -0.39 is 0 Å². The fourth-order valence-electron chi connectivity index (χ4n) is 4.00. The second-order valence-electron chi connectivity index (χ2n) is 6.11. The Bertz CT molecular complexity index is 462. The highest BCUT2D eigenvalue weighted by atomic mass is 16.1. The van der Waals surface area contributed by atoms with Crippen LogP contribution in [0, 0.1) is 12.8 Å². The summed E-state index contributed by atoms with van der Waals surface area (Å²) >= 11 is 0. The summed E-state index contributed by atoms with van der Waals surface area (Å²) in [6, 6.07) is 6.86. The summed E-state index contributed by atoms with van der Waals surface area (Å²) in [5.74, 6) is 0.896. The van der Waals surface area contributed by atoms with Crippen LogP contribution in [0.3, 0.4) is 0 Å². The normalized spacial score (nSPS) is 24.1. The molecule has 0 bridgehead atoms. The summed E-state index contributed by atoms with van der Waals surface area (Å²) in [5.41, 5.74) is 3.38. The van der Waals surface area contributed by atoms with Crippen molar-refractivity contribution in [1.29, 1.82) is 0 Å². The van der Waals surface area contributed by atoms with Crippen LogP contribution in [0.25, 0.3) is 0 Å². The third kappa shape index (κ3) is 2.41. The summed E-state index contributed by atoms with van der Waals surface area (Å²) in [6.07, 6.45) is 9.25. The highest BCUT2D eigenvalue weighted by Gasteiger charge is 2.33. The molecule has 2 heteroatoms. The van der Waals surface area contributed by atoms with Gasteiger partial charge in [0.25, 0.3) is 0 Å². The number of nitrogens with zero attached hydrogens (tertiary/aromatic N) is 1. The van der Waals surface area contributed by atoms with Crippen LogP contribution < -0.4 is 4.90 Å². The van der Waals surface area contributed by atoms with Gasteiger partial charge in [0.1, 0.15) is 6.29 Å². The van der Waals surface area contributed by atoms with Crippen molar-refractivity contribution in [1.82, 2.24) is 0 Å². The highest BCUT2D eigenvalue weighted by molar-refractivity contribution is 5.77. The largest absolute Gasteiger partial charge is 0.368 e. The Hall–Kier alpha value is -1.31. The summed E-state index contributed by atoms with van der Waals surface area (Å²) in [7, 11) is 0. The molecular weight excluding hydrogens is 234 g/mol. The molecule has 1 aliphatic heterocycles. The Labute approximate surface area is 115 Å². The topological polar surface area (TPSA) is 20.3 Å². The lowest BCUT2D eigenvalue weighted by atomic mass is 9.95. The Morgan fingerprint density at radius 3 is 2.63 bits per heavy atom. The van der Waals surface area contributed by atoms with Crippen LogP contribution in [0.1, 0.15) is 54.4 Å². The predicted octanol–water partition coefficient (Wildman–Crippen LogP) is 3.97. The van der Waals surface area contributed by atoms with E-state index in [1.807, 2.05) is 12.1 Å². The maximum absolute atomic E-state index is 10.9. The summed E-state index contributed by atoms with van der Waals surface area (Å²) in [5, 5.41) is 0. The van der Waals surface area contributed by atoms with Gasteiger partial charge in [-0.2, -0.15) is 0 Å². The molecule has 1 atom stereocenters. The Kier molecular flexibility index (Phi) is 3.58. The third-order valence-corrected chi connectivity index (χ3v) is 4.91. The fourth-order valence-corrected chi connectivity index (χ4v) is 4.00. The molecule has 0 spiro atoms. The average molecular weight is 257 g/mol. The molecule has 19 heavy (non-hydrogen) atoms. The van der Waals surface area contributed by atoms with E-state index in [2.05, 4.69) is 17.9 Å². The number of aryl methyl sites for hydroxylation is 1. The zero-order valence-electron chi connectivity index (χ0n) is 11.8. The quantitative estimate of drug-likeness (QED) is 0.764. The van der Waals surface area contributed by atoms with E-state index in [-0.39, 0.29) is 0 Å². The fraction of sp³-hybridized carbons (Fsp3) is 0.588. The first-order valence-corrected chi connectivity index (χ1v) is 7.62. The second-order valence-corrected chi connectivity index (χ2v) is 6.11. The van der Waals surface area contributed by atoms with E-state index in [4.69, 9.17) is 0 Å². The van der Waals surface area contributed by atoms with Gasteiger partial charge in [0.15, 0.2) is 0 Å². The molecule has 1 heterocycles. The zero-order chi connectivity index (χ0) is 13.2. The number of carbonyl (C=O) groups excluding carboxylic acids is 1. The molecule has 0 N–H and O–H groups in total. The van der Waals surface area contributed by atoms with Gasteiger partial charge in [-0.3, -0.25) is 4.79 Å². The average Bonchev–Trinajstić information content (AvgIpc) is 3.08. The van der Waals surface area contributed by atoms with Crippen molar-refractivity contribution in [2.75, 3.05) is 11.4 Å². The maximum atomic E-state index is 10.9. The van der Waals surface area contributed by atoms with Crippen molar-refractivity contribution in [3.05, 3.63) is 29.3 Å². The Morgan fingerprint density at radius 2 is 1.95 bits per heavy atom. The van der Waals surface area contributed by atoms with E-state index in [1.165, 1.54) is 56.3 Å². The lowest BCUT2D eigenvalue weighted by Gasteiger charge is -2.32. The van der Waals surface area contributed by atoms with Crippen molar-refractivity contribution in [3.8, 4) is 0 Å². The SMILES string of the molecule is Cc1cc(C=O)ccc1N1CCCC1C1CCCC1. The van der Waals surface area contributed by atoms with Gasteiger partial charge in [-0.1, -0.05) is 12.8 Å². The third-order valence-electron chi connectivity index (χ3n) is 4.91. The molecule has 1 unspecified atom stereocenters. The van der Waals surface area contributed by atoms with Crippen LogP contribution in [0.4, 0.5) is 5.69 Å². The predicted molar refractivity (Wildman–Crippen MR) is 78.9 cm³/mol. The molecule has 102 valence electrons.